The van der Waals surface area contributed by atoms with Crippen molar-refractivity contribution in [2.75, 3.05) is 5.32 Å². The summed E-state index contributed by atoms with van der Waals surface area (Å²) < 4.78 is 4.29. The summed E-state index contributed by atoms with van der Waals surface area (Å²) in [7, 11) is 0. The van der Waals surface area contributed by atoms with Crippen LogP contribution in [-0.4, -0.2) is 20.2 Å². The molecule has 1 N–H and O–H groups in total. The quantitative estimate of drug-likeness (QED) is 0.816. The lowest BCUT2D eigenvalue weighted by molar-refractivity contribution is 0.706. The fourth-order valence-corrected chi connectivity index (χ4v) is 2.68. The molecule has 15 heavy (non-hydrogen) atoms. The molecular weight excluding hydrogens is 274 g/mol. The number of hydrogen-bond donors (Lipinski definition) is 1. The number of nitrogens with zero attached hydrogens (tertiary/aromatic N) is 2. The number of aryl methyl sites for hydroxylation is 1. The number of aromatic nitrogens is 2. The van der Waals surface area contributed by atoms with Crippen molar-refractivity contribution < 1.29 is 0 Å². The van der Waals surface area contributed by atoms with Gasteiger partial charge >= 0.3 is 0 Å². The third-order valence-corrected chi connectivity index (χ3v) is 3.05. The maximum absolute atomic E-state index is 4.43. The van der Waals surface area contributed by atoms with Crippen LogP contribution in [-0.2, 0) is 6.42 Å². The third kappa shape index (κ3) is 4.93. The van der Waals surface area contributed by atoms with E-state index in [-0.39, 0.29) is 0 Å². The van der Waals surface area contributed by atoms with Crippen LogP contribution in [0.25, 0.3) is 0 Å². The van der Waals surface area contributed by atoms with Crippen molar-refractivity contribution in [3.63, 3.8) is 0 Å². The van der Waals surface area contributed by atoms with E-state index in [1.807, 2.05) is 0 Å². The molecule has 5 heteroatoms. The van der Waals surface area contributed by atoms with Crippen LogP contribution in [0.3, 0.4) is 0 Å². The van der Waals surface area contributed by atoms with Gasteiger partial charge in [0.15, 0.2) is 0 Å². The normalized spacial score (nSPS) is 14.9. The van der Waals surface area contributed by atoms with Crippen LogP contribution >= 0.6 is 27.5 Å². The lowest BCUT2D eigenvalue weighted by Crippen LogP contribution is -2.18. The molecule has 1 rings (SSSR count). The number of alkyl halides is 1. The van der Waals surface area contributed by atoms with E-state index in [9.17, 15) is 0 Å². The molecule has 0 fully saturated rings. The second-order valence-corrected chi connectivity index (χ2v) is 6.14. The first-order valence-corrected chi connectivity index (χ1v) is 7.04. The largest absolute Gasteiger partial charge is 0.358 e. The van der Waals surface area contributed by atoms with Crippen molar-refractivity contribution in [3.8, 4) is 0 Å². The highest BCUT2D eigenvalue weighted by Gasteiger charge is 2.09. The molecule has 1 aromatic rings. The van der Waals surface area contributed by atoms with Crippen molar-refractivity contribution in [2.24, 2.45) is 0 Å². The molecule has 86 valence electrons. The third-order valence-electron chi connectivity index (χ3n) is 1.99. The monoisotopic (exact) mass is 291 g/mol. The second-order valence-electron chi connectivity index (χ2n) is 3.83. The van der Waals surface area contributed by atoms with Gasteiger partial charge in [-0.3, -0.25) is 0 Å². The first-order valence-electron chi connectivity index (χ1n) is 5.35. The standard InChI is InChI=1S/C10H18BrN3S/c1-4-5-9-13-10(15-14-9)12-8(3)6-7(2)11/h7-8H,4-6H2,1-3H3,(H,12,13,14). The summed E-state index contributed by atoms with van der Waals surface area (Å²) in [5, 5.41) is 4.31. The Hall–Kier alpha value is -0.160. The molecule has 2 unspecified atom stereocenters. The number of anilines is 1. The van der Waals surface area contributed by atoms with E-state index < -0.39 is 0 Å². The molecule has 0 amide bonds. The molecule has 1 aromatic heterocycles. The van der Waals surface area contributed by atoms with Gasteiger partial charge in [0, 0.05) is 28.8 Å². The highest BCUT2D eigenvalue weighted by atomic mass is 79.9. The summed E-state index contributed by atoms with van der Waals surface area (Å²) in [6.45, 7) is 6.46. The highest BCUT2D eigenvalue weighted by molar-refractivity contribution is 9.09. The van der Waals surface area contributed by atoms with E-state index >= 15 is 0 Å². The van der Waals surface area contributed by atoms with E-state index in [2.05, 4.69) is 51.4 Å². The van der Waals surface area contributed by atoms with E-state index in [1.165, 1.54) is 11.5 Å². The fraction of sp³-hybridized carbons (Fsp3) is 0.800. The topological polar surface area (TPSA) is 37.8 Å². The zero-order valence-corrected chi connectivity index (χ0v) is 11.9. The Morgan fingerprint density at radius 3 is 2.80 bits per heavy atom. The summed E-state index contributed by atoms with van der Waals surface area (Å²) in [5.41, 5.74) is 0. The first kappa shape index (κ1) is 12.9. The Balaban J connectivity index is 2.42. The van der Waals surface area contributed by atoms with Gasteiger partial charge < -0.3 is 5.32 Å². The van der Waals surface area contributed by atoms with Crippen LogP contribution in [0.1, 0.15) is 39.4 Å². The van der Waals surface area contributed by atoms with Gasteiger partial charge in [-0.1, -0.05) is 29.8 Å². The van der Waals surface area contributed by atoms with Crippen LogP contribution in [0.4, 0.5) is 5.13 Å². The maximum atomic E-state index is 4.43. The number of hydrogen-bond acceptors (Lipinski definition) is 4. The minimum Gasteiger partial charge on any atom is -0.358 e. The molecule has 0 saturated carbocycles. The zero-order valence-electron chi connectivity index (χ0n) is 9.46. The molecule has 3 nitrogen and oxygen atoms in total. The van der Waals surface area contributed by atoms with Crippen molar-refractivity contribution in [1.29, 1.82) is 0 Å². The Kier molecular flexibility index (Phi) is 5.53. The van der Waals surface area contributed by atoms with Gasteiger partial charge in [0.1, 0.15) is 5.82 Å². The van der Waals surface area contributed by atoms with Crippen LogP contribution in [0, 0.1) is 0 Å². The number of nitrogens with one attached hydrogen (secondary N) is 1. The Bertz CT molecular complexity index is 288. The average Bonchev–Trinajstić information content (AvgIpc) is 2.51. The lowest BCUT2D eigenvalue weighted by atomic mass is 10.2. The smallest absolute Gasteiger partial charge is 0.202 e. The fourth-order valence-electron chi connectivity index (χ4n) is 1.39. The van der Waals surface area contributed by atoms with Gasteiger partial charge in [-0.05, 0) is 19.8 Å². The van der Waals surface area contributed by atoms with Gasteiger partial charge in [0.05, 0.1) is 0 Å². The molecule has 0 aliphatic heterocycles. The van der Waals surface area contributed by atoms with E-state index in [4.69, 9.17) is 0 Å². The number of rotatable bonds is 6. The Labute approximate surface area is 104 Å². The molecule has 0 bridgehead atoms. The summed E-state index contributed by atoms with van der Waals surface area (Å²) in [5.74, 6) is 0.962. The first-order chi connectivity index (χ1) is 7.11. The van der Waals surface area contributed by atoms with E-state index in [0.29, 0.717) is 10.9 Å². The zero-order chi connectivity index (χ0) is 11.3. The van der Waals surface area contributed by atoms with Crippen molar-refractivity contribution in [1.82, 2.24) is 9.36 Å². The molecule has 0 saturated heterocycles. The van der Waals surface area contributed by atoms with Gasteiger partial charge in [-0.25, -0.2) is 4.98 Å². The van der Waals surface area contributed by atoms with E-state index in [1.54, 1.807) is 0 Å². The molecule has 0 aliphatic carbocycles. The van der Waals surface area contributed by atoms with E-state index in [0.717, 1.165) is 30.2 Å². The van der Waals surface area contributed by atoms with Gasteiger partial charge in [0.25, 0.3) is 0 Å². The van der Waals surface area contributed by atoms with Gasteiger partial charge in [-0.15, -0.1) is 0 Å². The van der Waals surface area contributed by atoms with Crippen molar-refractivity contribution in [3.05, 3.63) is 5.82 Å². The van der Waals surface area contributed by atoms with Crippen molar-refractivity contribution in [2.45, 2.75) is 50.9 Å². The van der Waals surface area contributed by atoms with Crippen LogP contribution in [0.15, 0.2) is 0 Å². The summed E-state index contributed by atoms with van der Waals surface area (Å²) in [6, 6.07) is 0.432. The summed E-state index contributed by atoms with van der Waals surface area (Å²) in [4.78, 5) is 4.96. The summed E-state index contributed by atoms with van der Waals surface area (Å²) in [6.07, 6.45) is 3.16. The number of halogens is 1. The molecule has 2 atom stereocenters. The Morgan fingerprint density at radius 1 is 1.47 bits per heavy atom. The highest BCUT2D eigenvalue weighted by Crippen LogP contribution is 2.16. The Morgan fingerprint density at radius 2 is 2.20 bits per heavy atom. The van der Waals surface area contributed by atoms with Gasteiger partial charge in [-0.2, -0.15) is 4.37 Å². The predicted octanol–water partition coefficient (Wildman–Crippen LogP) is 3.46. The van der Waals surface area contributed by atoms with Crippen LogP contribution in [0.2, 0.25) is 0 Å². The summed E-state index contributed by atoms with van der Waals surface area (Å²) >= 11 is 5.00. The molecule has 0 radical (unpaired) electrons. The maximum Gasteiger partial charge on any atom is 0.202 e. The SMILES string of the molecule is CCCc1nsc(NC(C)CC(C)Br)n1. The average molecular weight is 292 g/mol. The van der Waals surface area contributed by atoms with Crippen LogP contribution < -0.4 is 5.32 Å². The predicted molar refractivity (Wildman–Crippen MR) is 70.0 cm³/mol. The van der Waals surface area contributed by atoms with Gasteiger partial charge in [0.2, 0.25) is 5.13 Å². The van der Waals surface area contributed by atoms with Crippen LogP contribution in [0.5, 0.6) is 0 Å². The molecule has 0 spiro atoms. The lowest BCUT2D eigenvalue weighted by Gasteiger charge is -2.13. The molecule has 1 heterocycles. The minimum atomic E-state index is 0.432. The molecule has 0 aromatic carbocycles. The minimum absolute atomic E-state index is 0.432. The van der Waals surface area contributed by atoms with Crippen molar-refractivity contribution >= 4 is 32.6 Å². The second kappa shape index (κ2) is 6.43. The molecular formula is C10H18BrN3S. The molecule has 0 aliphatic rings.